The maximum atomic E-state index is 2.47. The second-order valence-electron chi connectivity index (χ2n) is 9.36. The monoisotopic (exact) mass is 390 g/mol. The van der Waals surface area contributed by atoms with Crippen molar-refractivity contribution in [3.8, 4) is 11.1 Å². The summed E-state index contributed by atoms with van der Waals surface area (Å²) in [6.07, 6.45) is 17.8. The minimum absolute atomic E-state index is 0.247. The molecule has 0 spiro atoms. The molecule has 2 aromatic rings. The number of aryl methyl sites for hydroxylation is 1. The van der Waals surface area contributed by atoms with Gasteiger partial charge in [0.25, 0.3) is 0 Å². The first kappa shape index (κ1) is 22.1. The van der Waals surface area contributed by atoms with E-state index in [1.807, 2.05) is 0 Å². The van der Waals surface area contributed by atoms with Gasteiger partial charge in [-0.25, -0.2) is 0 Å². The van der Waals surface area contributed by atoms with Gasteiger partial charge in [0.2, 0.25) is 0 Å². The Labute approximate surface area is 180 Å². The van der Waals surface area contributed by atoms with Crippen molar-refractivity contribution in [3.05, 3.63) is 59.2 Å². The summed E-state index contributed by atoms with van der Waals surface area (Å²) in [4.78, 5) is 0. The van der Waals surface area contributed by atoms with E-state index in [-0.39, 0.29) is 5.41 Å². The highest BCUT2D eigenvalue weighted by atomic mass is 14.4. The van der Waals surface area contributed by atoms with Gasteiger partial charge in [-0.2, -0.15) is 0 Å². The Hall–Kier alpha value is -1.56. The van der Waals surface area contributed by atoms with Crippen molar-refractivity contribution in [1.29, 1.82) is 0 Å². The molecule has 0 amide bonds. The van der Waals surface area contributed by atoms with Crippen LogP contribution in [0.2, 0.25) is 0 Å². The molecular formula is C29H42. The highest BCUT2D eigenvalue weighted by molar-refractivity contribution is 5.81. The molecular weight excluding hydrogens is 348 g/mol. The summed E-state index contributed by atoms with van der Waals surface area (Å²) in [7, 11) is 0. The molecule has 0 aromatic heterocycles. The number of rotatable bonds is 13. The Morgan fingerprint density at radius 1 is 0.586 bits per heavy atom. The molecule has 0 heteroatoms. The van der Waals surface area contributed by atoms with Gasteiger partial charge in [0.15, 0.2) is 0 Å². The minimum atomic E-state index is 0.247. The van der Waals surface area contributed by atoms with Crippen molar-refractivity contribution in [2.45, 2.75) is 110 Å². The van der Waals surface area contributed by atoms with E-state index < -0.39 is 0 Å². The van der Waals surface area contributed by atoms with Crippen molar-refractivity contribution >= 4 is 0 Å². The molecule has 1 aliphatic carbocycles. The standard InChI is InChI=1S/C29H42/c1-4-6-8-10-12-16-22-29(21-15-11-9-7-5-2)27-18-14-13-17-25(27)26-23-24(3)19-20-28(26)29/h13-14,17-20,23H,4-12,15-16,21-22H2,1-3H3. The molecule has 158 valence electrons. The molecule has 1 unspecified atom stereocenters. The third-order valence-electron chi connectivity index (χ3n) is 7.09. The van der Waals surface area contributed by atoms with Gasteiger partial charge < -0.3 is 0 Å². The Morgan fingerprint density at radius 3 is 1.79 bits per heavy atom. The van der Waals surface area contributed by atoms with Gasteiger partial charge >= 0.3 is 0 Å². The van der Waals surface area contributed by atoms with E-state index in [9.17, 15) is 0 Å². The van der Waals surface area contributed by atoms with Gasteiger partial charge in [0, 0.05) is 5.41 Å². The molecule has 3 rings (SSSR count). The third-order valence-corrected chi connectivity index (χ3v) is 7.09. The second kappa shape index (κ2) is 11.0. The Morgan fingerprint density at radius 2 is 1.14 bits per heavy atom. The summed E-state index contributed by atoms with van der Waals surface area (Å²) in [6, 6.07) is 16.6. The first-order chi connectivity index (χ1) is 14.2. The van der Waals surface area contributed by atoms with Crippen LogP contribution in [0.25, 0.3) is 11.1 Å². The summed E-state index contributed by atoms with van der Waals surface area (Å²) in [5.74, 6) is 0. The summed E-state index contributed by atoms with van der Waals surface area (Å²) < 4.78 is 0. The Kier molecular flexibility index (Phi) is 8.40. The van der Waals surface area contributed by atoms with Gasteiger partial charge in [0.05, 0.1) is 0 Å². The van der Waals surface area contributed by atoms with E-state index in [0.717, 1.165) is 0 Å². The fourth-order valence-corrected chi connectivity index (χ4v) is 5.48. The van der Waals surface area contributed by atoms with Crippen LogP contribution in [0.3, 0.4) is 0 Å². The lowest BCUT2D eigenvalue weighted by Crippen LogP contribution is -2.25. The van der Waals surface area contributed by atoms with Crippen LogP contribution in [0.4, 0.5) is 0 Å². The quantitative estimate of drug-likeness (QED) is 0.299. The predicted octanol–water partition coefficient (Wildman–Crippen LogP) is 9.37. The van der Waals surface area contributed by atoms with E-state index in [2.05, 4.69) is 63.2 Å². The fraction of sp³-hybridized carbons (Fsp3) is 0.586. The molecule has 1 atom stereocenters. The zero-order chi connectivity index (χ0) is 20.5. The van der Waals surface area contributed by atoms with E-state index in [1.165, 1.54) is 100 Å². The third kappa shape index (κ3) is 5.14. The van der Waals surface area contributed by atoms with Gasteiger partial charge in [-0.3, -0.25) is 0 Å². The zero-order valence-electron chi connectivity index (χ0n) is 19.2. The zero-order valence-corrected chi connectivity index (χ0v) is 19.2. The molecule has 0 saturated carbocycles. The van der Waals surface area contributed by atoms with Gasteiger partial charge in [-0.05, 0) is 42.0 Å². The average molecular weight is 391 g/mol. The fourth-order valence-electron chi connectivity index (χ4n) is 5.48. The largest absolute Gasteiger partial charge is 0.0654 e. The average Bonchev–Trinajstić information content (AvgIpc) is 3.00. The molecule has 0 fully saturated rings. The van der Waals surface area contributed by atoms with Crippen LogP contribution in [-0.4, -0.2) is 0 Å². The lowest BCUT2D eigenvalue weighted by atomic mass is 9.70. The van der Waals surface area contributed by atoms with Crippen LogP contribution < -0.4 is 0 Å². The van der Waals surface area contributed by atoms with Gasteiger partial charge in [0.1, 0.15) is 0 Å². The maximum absolute atomic E-state index is 2.47. The maximum Gasteiger partial charge on any atom is 0.0215 e. The molecule has 0 heterocycles. The normalized spacial score (nSPS) is 17.3. The molecule has 0 saturated heterocycles. The number of benzene rings is 2. The molecule has 0 nitrogen and oxygen atoms in total. The van der Waals surface area contributed by atoms with Crippen molar-refractivity contribution in [3.63, 3.8) is 0 Å². The smallest absolute Gasteiger partial charge is 0.0215 e. The highest BCUT2D eigenvalue weighted by Crippen LogP contribution is 2.54. The summed E-state index contributed by atoms with van der Waals surface area (Å²) in [6.45, 7) is 6.86. The summed E-state index contributed by atoms with van der Waals surface area (Å²) >= 11 is 0. The predicted molar refractivity (Wildman–Crippen MR) is 129 cm³/mol. The van der Waals surface area contributed by atoms with E-state index in [4.69, 9.17) is 0 Å². The number of unbranched alkanes of at least 4 members (excludes halogenated alkanes) is 9. The number of hydrogen-bond donors (Lipinski definition) is 0. The molecule has 0 radical (unpaired) electrons. The summed E-state index contributed by atoms with van der Waals surface area (Å²) in [5, 5.41) is 0. The van der Waals surface area contributed by atoms with Crippen molar-refractivity contribution < 1.29 is 0 Å². The lowest BCUT2D eigenvalue weighted by molar-refractivity contribution is 0.398. The van der Waals surface area contributed by atoms with Crippen LogP contribution >= 0.6 is 0 Å². The summed E-state index contributed by atoms with van der Waals surface area (Å²) in [5.41, 5.74) is 7.89. The first-order valence-corrected chi connectivity index (χ1v) is 12.4. The highest BCUT2D eigenvalue weighted by Gasteiger charge is 2.41. The van der Waals surface area contributed by atoms with Gasteiger partial charge in [-0.15, -0.1) is 0 Å². The molecule has 2 aromatic carbocycles. The lowest BCUT2D eigenvalue weighted by Gasteiger charge is -2.33. The first-order valence-electron chi connectivity index (χ1n) is 12.4. The van der Waals surface area contributed by atoms with Crippen LogP contribution in [-0.2, 0) is 5.41 Å². The topological polar surface area (TPSA) is 0 Å². The van der Waals surface area contributed by atoms with E-state index in [1.54, 1.807) is 11.1 Å². The second-order valence-corrected chi connectivity index (χ2v) is 9.36. The minimum Gasteiger partial charge on any atom is -0.0654 e. The molecule has 0 N–H and O–H groups in total. The van der Waals surface area contributed by atoms with E-state index >= 15 is 0 Å². The number of fused-ring (bicyclic) bond motifs is 3. The van der Waals surface area contributed by atoms with Gasteiger partial charge in [-0.1, -0.05) is 133 Å². The Bertz CT molecular complexity index is 756. The molecule has 0 aliphatic heterocycles. The molecule has 1 aliphatic rings. The molecule has 29 heavy (non-hydrogen) atoms. The SMILES string of the molecule is CCCCCCCCC1(CCCCCCC)c2ccccc2-c2cc(C)ccc21. The van der Waals surface area contributed by atoms with Crippen molar-refractivity contribution in [2.75, 3.05) is 0 Å². The van der Waals surface area contributed by atoms with Crippen molar-refractivity contribution in [2.24, 2.45) is 0 Å². The van der Waals surface area contributed by atoms with Crippen LogP contribution in [0, 0.1) is 6.92 Å². The van der Waals surface area contributed by atoms with E-state index in [0.29, 0.717) is 0 Å². The van der Waals surface area contributed by atoms with Crippen LogP contribution in [0.1, 0.15) is 114 Å². The van der Waals surface area contributed by atoms with Crippen molar-refractivity contribution in [1.82, 2.24) is 0 Å². The number of hydrogen-bond acceptors (Lipinski definition) is 0. The van der Waals surface area contributed by atoms with Crippen LogP contribution in [0.5, 0.6) is 0 Å². The Balaban J connectivity index is 1.83. The molecule has 0 bridgehead atoms. The van der Waals surface area contributed by atoms with Crippen LogP contribution in [0.15, 0.2) is 42.5 Å².